The van der Waals surface area contributed by atoms with Gasteiger partial charge in [-0.2, -0.15) is 5.10 Å². The molecule has 112 valence electrons. The summed E-state index contributed by atoms with van der Waals surface area (Å²) in [6.07, 6.45) is 3.59. The number of hydrogen-bond acceptors (Lipinski definition) is 6. The molecule has 0 spiro atoms. The molecule has 1 aromatic carbocycles. The van der Waals surface area contributed by atoms with Crippen LogP contribution >= 0.6 is 0 Å². The molecule has 0 saturated heterocycles. The third kappa shape index (κ3) is 2.62. The molecule has 0 bridgehead atoms. The molecule has 0 aliphatic carbocycles. The molecule has 0 amide bonds. The first-order chi connectivity index (χ1) is 10.9. The highest BCUT2D eigenvalue weighted by atomic mass is 16.4. The second kappa shape index (κ2) is 5.69. The van der Waals surface area contributed by atoms with Crippen LogP contribution in [-0.4, -0.2) is 31.0 Å². The molecule has 4 rings (SSSR count). The van der Waals surface area contributed by atoms with E-state index in [2.05, 4.69) is 25.6 Å². The Hall–Kier alpha value is -2.54. The van der Waals surface area contributed by atoms with Gasteiger partial charge in [0.2, 0.25) is 11.8 Å². The fourth-order valence-electron chi connectivity index (χ4n) is 2.66. The van der Waals surface area contributed by atoms with E-state index < -0.39 is 0 Å². The zero-order chi connectivity index (χ0) is 14.8. The van der Waals surface area contributed by atoms with Gasteiger partial charge in [-0.3, -0.25) is 0 Å². The van der Waals surface area contributed by atoms with E-state index in [1.807, 2.05) is 35.0 Å². The van der Waals surface area contributed by atoms with E-state index in [-0.39, 0.29) is 0 Å². The van der Waals surface area contributed by atoms with E-state index >= 15 is 0 Å². The zero-order valence-corrected chi connectivity index (χ0v) is 12.0. The first-order valence-corrected chi connectivity index (χ1v) is 7.36. The number of aryl methyl sites for hydroxylation is 1. The Morgan fingerprint density at radius 1 is 1.23 bits per heavy atom. The Kier molecular flexibility index (Phi) is 3.40. The number of rotatable bonds is 4. The lowest BCUT2D eigenvalue weighted by Gasteiger charge is -2.22. The molecule has 1 unspecified atom stereocenters. The van der Waals surface area contributed by atoms with Gasteiger partial charge in [-0.25, -0.2) is 9.67 Å². The average Bonchev–Trinajstić information content (AvgIpc) is 3.22. The molecule has 3 aromatic rings. The first kappa shape index (κ1) is 13.1. The third-order valence-corrected chi connectivity index (χ3v) is 3.84. The van der Waals surface area contributed by atoms with Crippen LogP contribution in [0.4, 0.5) is 0 Å². The lowest BCUT2D eigenvalue weighted by Crippen LogP contribution is -2.37. The predicted octanol–water partition coefficient (Wildman–Crippen LogP) is 1.43. The molecule has 22 heavy (non-hydrogen) atoms. The Labute approximate surface area is 127 Å². The smallest absolute Gasteiger partial charge is 0.247 e. The summed E-state index contributed by atoms with van der Waals surface area (Å²) >= 11 is 0. The summed E-state index contributed by atoms with van der Waals surface area (Å²) in [5, 5.41) is 15.9. The summed E-state index contributed by atoms with van der Waals surface area (Å²) in [7, 11) is 0. The molecule has 7 heteroatoms. The molecule has 0 saturated carbocycles. The van der Waals surface area contributed by atoms with Crippen molar-refractivity contribution in [2.75, 3.05) is 0 Å². The van der Waals surface area contributed by atoms with Crippen molar-refractivity contribution in [3.63, 3.8) is 0 Å². The summed E-state index contributed by atoms with van der Waals surface area (Å²) in [5.41, 5.74) is 0.936. The van der Waals surface area contributed by atoms with Crippen molar-refractivity contribution in [3.8, 4) is 11.5 Å². The summed E-state index contributed by atoms with van der Waals surface area (Å²) in [6.45, 7) is 1.39. The van der Waals surface area contributed by atoms with E-state index in [4.69, 9.17) is 4.42 Å². The van der Waals surface area contributed by atoms with Crippen LogP contribution in [0.25, 0.3) is 11.5 Å². The zero-order valence-electron chi connectivity index (χ0n) is 12.0. The number of nitrogens with zero attached hydrogens (tertiary/aromatic N) is 5. The molecule has 3 heterocycles. The van der Waals surface area contributed by atoms with Gasteiger partial charge in [-0.05, 0) is 18.6 Å². The molecule has 0 radical (unpaired) electrons. The molecule has 1 N–H and O–H groups in total. The maximum Gasteiger partial charge on any atom is 0.247 e. The molecule has 2 aromatic heterocycles. The Balaban J connectivity index is 1.38. The molecular formula is C15H16N6O. The fraction of sp³-hybridized carbons (Fsp3) is 0.333. The van der Waals surface area contributed by atoms with Gasteiger partial charge in [0.05, 0.1) is 13.1 Å². The van der Waals surface area contributed by atoms with Crippen molar-refractivity contribution in [1.82, 2.24) is 30.3 Å². The van der Waals surface area contributed by atoms with Crippen molar-refractivity contribution in [2.45, 2.75) is 32.0 Å². The van der Waals surface area contributed by atoms with Crippen LogP contribution in [0, 0.1) is 0 Å². The minimum Gasteiger partial charge on any atom is -0.419 e. The van der Waals surface area contributed by atoms with Gasteiger partial charge in [-0.1, -0.05) is 18.2 Å². The SMILES string of the molecule is c1ccc(-c2nnc(CNC3CCc4ncnn4C3)o2)cc1. The van der Waals surface area contributed by atoms with Gasteiger partial charge < -0.3 is 9.73 Å². The monoisotopic (exact) mass is 296 g/mol. The van der Waals surface area contributed by atoms with Gasteiger partial charge >= 0.3 is 0 Å². The Morgan fingerprint density at radius 2 is 2.14 bits per heavy atom. The van der Waals surface area contributed by atoms with Crippen molar-refractivity contribution in [3.05, 3.63) is 48.4 Å². The minimum absolute atomic E-state index is 0.348. The van der Waals surface area contributed by atoms with Crippen LogP contribution in [-0.2, 0) is 19.5 Å². The van der Waals surface area contributed by atoms with Crippen LogP contribution in [0.3, 0.4) is 0 Å². The lowest BCUT2D eigenvalue weighted by molar-refractivity contribution is 0.342. The summed E-state index contributed by atoms with van der Waals surface area (Å²) in [5.74, 6) is 2.21. The van der Waals surface area contributed by atoms with Crippen LogP contribution < -0.4 is 5.32 Å². The lowest BCUT2D eigenvalue weighted by atomic mass is 10.1. The molecule has 1 aliphatic rings. The van der Waals surface area contributed by atoms with Crippen molar-refractivity contribution < 1.29 is 4.42 Å². The maximum atomic E-state index is 5.70. The van der Waals surface area contributed by atoms with E-state index in [1.54, 1.807) is 6.33 Å². The molecular weight excluding hydrogens is 280 g/mol. The Morgan fingerprint density at radius 3 is 3.05 bits per heavy atom. The van der Waals surface area contributed by atoms with E-state index in [9.17, 15) is 0 Å². The normalized spacial score (nSPS) is 17.4. The summed E-state index contributed by atoms with van der Waals surface area (Å²) < 4.78 is 7.64. The predicted molar refractivity (Wildman–Crippen MR) is 78.7 cm³/mol. The number of aromatic nitrogens is 5. The van der Waals surface area contributed by atoms with Crippen LogP contribution in [0.2, 0.25) is 0 Å². The highest BCUT2D eigenvalue weighted by Gasteiger charge is 2.20. The highest BCUT2D eigenvalue weighted by molar-refractivity contribution is 5.51. The number of fused-ring (bicyclic) bond motifs is 1. The quantitative estimate of drug-likeness (QED) is 0.784. The Bertz CT molecular complexity index is 750. The van der Waals surface area contributed by atoms with Gasteiger partial charge in [0.15, 0.2) is 0 Å². The topological polar surface area (TPSA) is 81.7 Å². The van der Waals surface area contributed by atoms with Crippen molar-refractivity contribution in [1.29, 1.82) is 0 Å². The molecule has 0 fully saturated rings. The number of nitrogens with one attached hydrogen (secondary N) is 1. The van der Waals surface area contributed by atoms with Crippen molar-refractivity contribution in [2.24, 2.45) is 0 Å². The van der Waals surface area contributed by atoms with Gasteiger partial charge in [0.25, 0.3) is 0 Å². The highest BCUT2D eigenvalue weighted by Crippen LogP contribution is 2.17. The number of hydrogen-bond donors (Lipinski definition) is 1. The largest absolute Gasteiger partial charge is 0.419 e. The van der Waals surface area contributed by atoms with E-state index in [0.717, 1.165) is 30.8 Å². The van der Waals surface area contributed by atoms with E-state index in [1.165, 1.54) is 0 Å². The second-order valence-corrected chi connectivity index (χ2v) is 5.34. The van der Waals surface area contributed by atoms with Gasteiger partial charge in [0, 0.05) is 18.0 Å². The van der Waals surface area contributed by atoms with Crippen LogP contribution in [0.5, 0.6) is 0 Å². The number of benzene rings is 1. The second-order valence-electron chi connectivity index (χ2n) is 5.34. The first-order valence-electron chi connectivity index (χ1n) is 7.36. The standard InChI is InChI=1S/C15H16N6O/c1-2-4-11(5-3-1)15-20-19-14(22-15)8-16-12-6-7-13-17-10-18-21(13)9-12/h1-5,10,12,16H,6-9H2. The molecule has 1 atom stereocenters. The van der Waals surface area contributed by atoms with Gasteiger partial charge in [-0.15, -0.1) is 10.2 Å². The maximum absolute atomic E-state index is 5.70. The van der Waals surface area contributed by atoms with Crippen LogP contribution in [0.1, 0.15) is 18.1 Å². The van der Waals surface area contributed by atoms with E-state index in [0.29, 0.717) is 24.4 Å². The molecule has 7 nitrogen and oxygen atoms in total. The fourth-order valence-corrected chi connectivity index (χ4v) is 2.66. The summed E-state index contributed by atoms with van der Waals surface area (Å²) in [6, 6.07) is 10.1. The van der Waals surface area contributed by atoms with Crippen molar-refractivity contribution >= 4 is 0 Å². The summed E-state index contributed by atoms with van der Waals surface area (Å²) in [4.78, 5) is 4.23. The third-order valence-electron chi connectivity index (χ3n) is 3.84. The average molecular weight is 296 g/mol. The van der Waals surface area contributed by atoms with Gasteiger partial charge in [0.1, 0.15) is 12.2 Å². The molecule has 1 aliphatic heterocycles. The minimum atomic E-state index is 0.348. The van der Waals surface area contributed by atoms with Crippen LogP contribution in [0.15, 0.2) is 41.1 Å².